The zero-order valence-corrected chi connectivity index (χ0v) is 10.6. The maximum absolute atomic E-state index is 8.86. The Hall–Kier alpha value is -1.75. The molecule has 1 heterocycles. The molecule has 2 aromatic rings. The molecule has 4 nitrogen and oxygen atoms in total. The van der Waals surface area contributed by atoms with E-state index in [0.717, 1.165) is 10.0 Å². The molecule has 0 aliphatic carbocycles. The largest absolute Gasteiger partial charge is 0.409 e. The number of hydrogen-bond acceptors (Lipinski definition) is 2. The van der Waals surface area contributed by atoms with E-state index in [1.165, 1.54) is 0 Å². The van der Waals surface area contributed by atoms with Crippen LogP contribution in [-0.4, -0.2) is 15.6 Å². The Balaban J connectivity index is 2.44. The molecule has 1 atom stereocenters. The summed E-state index contributed by atoms with van der Waals surface area (Å²) < 4.78 is 2.88. The Morgan fingerprint density at radius 2 is 1.82 bits per heavy atom. The lowest BCUT2D eigenvalue weighted by Crippen LogP contribution is -2.27. The lowest BCUT2D eigenvalue weighted by atomic mass is 10.1. The first-order chi connectivity index (χ1) is 8.22. The smallest absolute Gasteiger partial charge is 0.166 e. The second kappa shape index (κ2) is 5.05. The van der Waals surface area contributed by atoms with Crippen LogP contribution in [0.15, 0.2) is 58.4 Å². The molecule has 0 fully saturated rings. The molecule has 0 radical (unpaired) electrons. The molecule has 0 aliphatic heterocycles. The minimum Gasteiger partial charge on any atom is -0.409 e. The molecule has 88 valence electrons. The third kappa shape index (κ3) is 2.50. The van der Waals surface area contributed by atoms with Crippen LogP contribution in [0.4, 0.5) is 0 Å². The van der Waals surface area contributed by atoms with Gasteiger partial charge in [0.2, 0.25) is 0 Å². The molecular formula is C12H12BrN3O. The number of halogens is 1. The molecule has 3 N–H and O–H groups in total. The van der Waals surface area contributed by atoms with Crippen LogP contribution in [0.5, 0.6) is 0 Å². The van der Waals surface area contributed by atoms with Crippen molar-refractivity contribution in [3.63, 3.8) is 0 Å². The van der Waals surface area contributed by atoms with Gasteiger partial charge in [-0.05, 0) is 29.8 Å². The number of amidine groups is 1. The Morgan fingerprint density at radius 3 is 2.35 bits per heavy atom. The van der Waals surface area contributed by atoms with Crippen LogP contribution in [-0.2, 0) is 0 Å². The SMILES string of the molecule is NC(=NO)[C@@H](c1ccc(Br)cc1)n1cccc1. The van der Waals surface area contributed by atoms with Gasteiger partial charge in [0.05, 0.1) is 0 Å². The van der Waals surface area contributed by atoms with Crippen molar-refractivity contribution < 1.29 is 5.21 Å². The molecule has 17 heavy (non-hydrogen) atoms. The van der Waals surface area contributed by atoms with Gasteiger partial charge in [-0.2, -0.15) is 0 Å². The van der Waals surface area contributed by atoms with Gasteiger partial charge in [-0.15, -0.1) is 0 Å². The second-order valence-corrected chi connectivity index (χ2v) is 4.52. The lowest BCUT2D eigenvalue weighted by molar-refractivity contribution is 0.315. The van der Waals surface area contributed by atoms with E-state index in [1.54, 1.807) is 0 Å². The van der Waals surface area contributed by atoms with Crippen LogP contribution >= 0.6 is 15.9 Å². The number of oxime groups is 1. The average Bonchev–Trinajstić information content (AvgIpc) is 2.85. The molecule has 0 saturated carbocycles. The fraction of sp³-hybridized carbons (Fsp3) is 0.0833. The molecule has 0 amide bonds. The molecule has 2 rings (SSSR count). The molecule has 0 unspecified atom stereocenters. The first-order valence-electron chi connectivity index (χ1n) is 5.07. The van der Waals surface area contributed by atoms with Crippen LogP contribution in [0.25, 0.3) is 0 Å². The summed E-state index contributed by atoms with van der Waals surface area (Å²) >= 11 is 3.38. The van der Waals surface area contributed by atoms with E-state index in [4.69, 9.17) is 10.9 Å². The summed E-state index contributed by atoms with van der Waals surface area (Å²) in [6.45, 7) is 0. The van der Waals surface area contributed by atoms with Crippen LogP contribution in [0, 0.1) is 0 Å². The summed E-state index contributed by atoms with van der Waals surface area (Å²) in [5.41, 5.74) is 6.70. The standard InChI is InChI=1S/C12H12BrN3O/c13-10-5-3-9(4-6-10)11(12(14)15-17)16-7-1-2-8-16/h1-8,11,17H,(H2,14,15)/t11-/m1/s1. The van der Waals surface area contributed by atoms with Gasteiger partial charge >= 0.3 is 0 Å². The highest BCUT2D eigenvalue weighted by molar-refractivity contribution is 9.10. The van der Waals surface area contributed by atoms with Gasteiger partial charge in [0.25, 0.3) is 0 Å². The first-order valence-corrected chi connectivity index (χ1v) is 5.87. The molecule has 1 aromatic carbocycles. The van der Waals surface area contributed by atoms with Crippen LogP contribution < -0.4 is 5.73 Å². The highest BCUT2D eigenvalue weighted by Gasteiger charge is 2.17. The van der Waals surface area contributed by atoms with Crippen molar-refractivity contribution in [1.82, 2.24) is 4.57 Å². The minimum atomic E-state index is -0.289. The Kier molecular flexibility index (Phi) is 3.49. The fourth-order valence-electron chi connectivity index (χ4n) is 1.72. The monoisotopic (exact) mass is 293 g/mol. The highest BCUT2D eigenvalue weighted by atomic mass is 79.9. The molecule has 0 aliphatic rings. The van der Waals surface area contributed by atoms with Gasteiger partial charge in [-0.25, -0.2) is 0 Å². The van der Waals surface area contributed by atoms with E-state index in [0.29, 0.717) is 0 Å². The maximum atomic E-state index is 8.86. The Morgan fingerprint density at radius 1 is 1.24 bits per heavy atom. The fourth-order valence-corrected chi connectivity index (χ4v) is 1.98. The quantitative estimate of drug-likeness (QED) is 0.395. The zero-order valence-electron chi connectivity index (χ0n) is 8.99. The van der Waals surface area contributed by atoms with Gasteiger partial charge in [-0.1, -0.05) is 33.2 Å². The topological polar surface area (TPSA) is 63.5 Å². The van der Waals surface area contributed by atoms with E-state index in [-0.39, 0.29) is 11.9 Å². The summed E-state index contributed by atoms with van der Waals surface area (Å²) in [6, 6.07) is 11.2. The van der Waals surface area contributed by atoms with E-state index in [9.17, 15) is 0 Å². The van der Waals surface area contributed by atoms with Crippen molar-refractivity contribution in [2.45, 2.75) is 6.04 Å². The second-order valence-electron chi connectivity index (χ2n) is 3.61. The summed E-state index contributed by atoms with van der Waals surface area (Å²) in [5, 5.41) is 12.0. The van der Waals surface area contributed by atoms with Crippen molar-refractivity contribution in [1.29, 1.82) is 0 Å². The summed E-state index contributed by atoms with van der Waals surface area (Å²) in [4.78, 5) is 0. The van der Waals surface area contributed by atoms with Crippen molar-refractivity contribution in [2.75, 3.05) is 0 Å². The third-order valence-electron chi connectivity index (χ3n) is 2.51. The minimum absolute atomic E-state index is 0.156. The molecular weight excluding hydrogens is 282 g/mol. The Bertz CT molecular complexity index is 505. The highest BCUT2D eigenvalue weighted by Crippen LogP contribution is 2.21. The van der Waals surface area contributed by atoms with E-state index in [1.807, 2.05) is 53.4 Å². The van der Waals surface area contributed by atoms with Gasteiger partial charge in [0, 0.05) is 16.9 Å². The van der Waals surface area contributed by atoms with Gasteiger partial charge in [-0.3, -0.25) is 0 Å². The predicted octanol–water partition coefficient (Wildman–Crippen LogP) is 2.59. The van der Waals surface area contributed by atoms with E-state index < -0.39 is 0 Å². The van der Waals surface area contributed by atoms with Crippen molar-refractivity contribution >= 4 is 21.8 Å². The predicted molar refractivity (Wildman–Crippen MR) is 70.1 cm³/mol. The summed E-state index contributed by atoms with van der Waals surface area (Å²) in [7, 11) is 0. The summed E-state index contributed by atoms with van der Waals surface area (Å²) in [5.74, 6) is 0.156. The lowest BCUT2D eigenvalue weighted by Gasteiger charge is -2.18. The van der Waals surface area contributed by atoms with Crippen LogP contribution in [0.3, 0.4) is 0 Å². The average molecular weight is 294 g/mol. The van der Waals surface area contributed by atoms with Gasteiger partial charge in [0.15, 0.2) is 5.84 Å². The van der Waals surface area contributed by atoms with Crippen molar-refractivity contribution in [3.05, 3.63) is 58.8 Å². The van der Waals surface area contributed by atoms with E-state index >= 15 is 0 Å². The Labute approximate surface area is 107 Å². The number of benzene rings is 1. The molecule has 0 spiro atoms. The van der Waals surface area contributed by atoms with Gasteiger partial charge < -0.3 is 15.5 Å². The molecule has 0 saturated heterocycles. The summed E-state index contributed by atoms with van der Waals surface area (Å²) in [6.07, 6.45) is 3.76. The normalized spacial score (nSPS) is 13.6. The van der Waals surface area contributed by atoms with Crippen molar-refractivity contribution in [2.24, 2.45) is 10.9 Å². The third-order valence-corrected chi connectivity index (χ3v) is 3.04. The number of nitrogens with zero attached hydrogens (tertiary/aromatic N) is 2. The number of aromatic nitrogens is 1. The van der Waals surface area contributed by atoms with Crippen molar-refractivity contribution in [3.8, 4) is 0 Å². The number of hydrogen-bond donors (Lipinski definition) is 2. The number of nitrogens with two attached hydrogens (primary N) is 1. The molecule has 0 bridgehead atoms. The zero-order chi connectivity index (χ0) is 12.3. The first kappa shape index (κ1) is 11.7. The molecule has 5 heteroatoms. The van der Waals surface area contributed by atoms with Crippen LogP contribution in [0.1, 0.15) is 11.6 Å². The van der Waals surface area contributed by atoms with Gasteiger partial charge in [0.1, 0.15) is 6.04 Å². The van der Waals surface area contributed by atoms with Crippen LogP contribution in [0.2, 0.25) is 0 Å². The maximum Gasteiger partial charge on any atom is 0.166 e. The number of rotatable bonds is 3. The van der Waals surface area contributed by atoms with E-state index in [2.05, 4.69) is 21.1 Å². The molecule has 1 aromatic heterocycles.